The Balaban J connectivity index is 1.88. The minimum absolute atomic E-state index is 0.0941. The molecule has 2 unspecified atom stereocenters. The monoisotopic (exact) mass is 216 g/mol. The molecular formula is C10H16O5. The van der Waals surface area contributed by atoms with Crippen molar-refractivity contribution < 1.29 is 24.1 Å². The number of rotatable bonds is 3. The van der Waals surface area contributed by atoms with Crippen molar-refractivity contribution in [3.8, 4) is 0 Å². The van der Waals surface area contributed by atoms with Crippen LogP contribution in [0.5, 0.6) is 0 Å². The number of carbonyl (C=O) groups excluding carboxylic acids is 1. The van der Waals surface area contributed by atoms with E-state index in [9.17, 15) is 4.79 Å². The summed E-state index contributed by atoms with van der Waals surface area (Å²) in [5, 5.41) is 9.03. The van der Waals surface area contributed by atoms with Crippen molar-refractivity contribution in [2.75, 3.05) is 19.8 Å². The Morgan fingerprint density at radius 2 is 2.33 bits per heavy atom. The van der Waals surface area contributed by atoms with E-state index in [2.05, 4.69) is 0 Å². The van der Waals surface area contributed by atoms with E-state index in [1.54, 1.807) is 0 Å². The third-order valence-corrected chi connectivity index (χ3v) is 2.77. The van der Waals surface area contributed by atoms with Gasteiger partial charge in [0.1, 0.15) is 0 Å². The summed E-state index contributed by atoms with van der Waals surface area (Å²) in [5.41, 5.74) is 0. The second-order valence-electron chi connectivity index (χ2n) is 3.93. The van der Waals surface area contributed by atoms with Crippen molar-refractivity contribution in [3.63, 3.8) is 0 Å². The SMILES string of the molecule is O=C1OCC(CO)[C@@H]1OC1CCCCO1. The van der Waals surface area contributed by atoms with E-state index in [-0.39, 0.29) is 31.4 Å². The molecule has 1 N–H and O–H groups in total. The van der Waals surface area contributed by atoms with Crippen LogP contribution in [-0.2, 0) is 19.0 Å². The maximum Gasteiger partial charge on any atom is 0.335 e. The van der Waals surface area contributed by atoms with Gasteiger partial charge in [-0.25, -0.2) is 4.79 Å². The van der Waals surface area contributed by atoms with Crippen molar-refractivity contribution in [2.24, 2.45) is 5.92 Å². The second-order valence-corrected chi connectivity index (χ2v) is 3.93. The maximum atomic E-state index is 11.3. The number of esters is 1. The summed E-state index contributed by atoms with van der Waals surface area (Å²) >= 11 is 0. The lowest BCUT2D eigenvalue weighted by Gasteiger charge is -2.25. The zero-order valence-electron chi connectivity index (χ0n) is 8.55. The van der Waals surface area contributed by atoms with Gasteiger partial charge in [0.25, 0.3) is 0 Å². The smallest absolute Gasteiger partial charge is 0.335 e. The van der Waals surface area contributed by atoms with E-state index < -0.39 is 6.10 Å². The fraction of sp³-hybridized carbons (Fsp3) is 0.900. The lowest BCUT2D eigenvalue weighted by molar-refractivity contribution is -0.199. The zero-order valence-corrected chi connectivity index (χ0v) is 8.55. The molecule has 0 aliphatic carbocycles. The molecule has 86 valence electrons. The summed E-state index contributed by atoms with van der Waals surface area (Å²) in [4.78, 5) is 11.3. The largest absolute Gasteiger partial charge is 0.463 e. The molecule has 0 amide bonds. The van der Waals surface area contributed by atoms with E-state index in [0.29, 0.717) is 6.61 Å². The van der Waals surface area contributed by atoms with Gasteiger partial charge in [-0.1, -0.05) is 0 Å². The number of ether oxygens (including phenoxy) is 3. The van der Waals surface area contributed by atoms with Crippen molar-refractivity contribution in [2.45, 2.75) is 31.7 Å². The van der Waals surface area contributed by atoms with Crippen molar-refractivity contribution in [1.29, 1.82) is 0 Å². The Labute approximate surface area is 88.3 Å². The van der Waals surface area contributed by atoms with Gasteiger partial charge in [0.2, 0.25) is 0 Å². The summed E-state index contributed by atoms with van der Waals surface area (Å²) in [6.07, 6.45) is 1.93. The Kier molecular flexibility index (Phi) is 3.56. The molecule has 5 heteroatoms. The highest BCUT2D eigenvalue weighted by molar-refractivity contribution is 5.77. The van der Waals surface area contributed by atoms with E-state index in [4.69, 9.17) is 19.3 Å². The number of hydrogen-bond acceptors (Lipinski definition) is 5. The molecule has 0 radical (unpaired) electrons. The first-order chi connectivity index (χ1) is 7.31. The molecule has 2 saturated heterocycles. The normalized spacial score (nSPS) is 36.6. The first kappa shape index (κ1) is 10.9. The topological polar surface area (TPSA) is 65.0 Å². The standard InChI is InChI=1S/C10H16O5/c11-5-7-6-14-10(12)9(7)15-8-3-1-2-4-13-8/h7-9,11H,1-6H2/t7?,8?,9-/m0/s1. The molecule has 0 spiro atoms. The maximum absolute atomic E-state index is 11.3. The summed E-state index contributed by atoms with van der Waals surface area (Å²) in [7, 11) is 0. The Morgan fingerprint density at radius 3 is 3.00 bits per heavy atom. The number of cyclic esters (lactones) is 1. The highest BCUT2D eigenvalue weighted by atomic mass is 16.7. The first-order valence-corrected chi connectivity index (χ1v) is 5.36. The molecule has 5 nitrogen and oxygen atoms in total. The Hall–Kier alpha value is -0.650. The van der Waals surface area contributed by atoms with E-state index in [1.807, 2.05) is 0 Å². The first-order valence-electron chi connectivity index (χ1n) is 5.36. The average Bonchev–Trinajstić information content (AvgIpc) is 2.62. The van der Waals surface area contributed by atoms with Gasteiger partial charge in [-0.3, -0.25) is 0 Å². The van der Waals surface area contributed by atoms with Crippen LogP contribution in [0.4, 0.5) is 0 Å². The van der Waals surface area contributed by atoms with Crippen LogP contribution in [-0.4, -0.2) is 43.3 Å². The molecule has 2 aliphatic rings. The molecule has 2 heterocycles. The lowest BCUT2D eigenvalue weighted by atomic mass is 10.1. The number of hydrogen-bond donors (Lipinski definition) is 1. The van der Waals surface area contributed by atoms with Gasteiger partial charge in [-0.15, -0.1) is 0 Å². The predicted octanol–water partition coefficient (Wildman–Crippen LogP) is 0.0635. The van der Waals surface area contributed by atoms with Crippen LogP contribution in [0.1, 0.15) is 19.3 Å². The summed E-state index contributed by atoms with van der Waals surface area (Å²) < 4.78 is 15.7. The van der Waals surface area contributed by atoms with Crippen molar-refractivity contribution in [3.05, 3.63) is 0 Å². The predicted molar refractivity (Wildman–Crippen MR) is 50.0 cm³/mol. The van der Waals surface area contributed by atoms with Crippen LogP contribution in [0, 0.1) is 5.92 Å². The van der Waals surface area contributed by atoms with Gasteiger partial charge in [-0.05, 0) is 19.3 Å². The second kappa shape index (κ2) is 4.92. The van der Waals surface area contributed by atoms with Crippen LogP contribution in [0.3, 0.4) is 0 Å². The van der Waals surface area contributed by atoms with Gasteiger partial charge in [0.15, 0.2) is 12.4 Å². The minimum Gasteiger partial charge on any atom is -0.463 e. The van der Waals surface area contributed by atoms with Crippen molar-refractivity contribution in [1.82, 2.24) is 0 Å². The average molecular weight is 216 g/mol. The van der Waals surface area contributed by atoms with E-state index >= 15 is 0 Å². The Morgan fingerprint density at radius 1 is 1.47 bits per heavy atom. The van der Waals surface area contributed by atoms with E-state index in [0.717, 1.165) is 19.3 Å². The fourth-order valence-electron chi connectivity index (χ4n) is 1.85. The van der Waals surface area contributed by atoms with Gasteiger partial charge in [-0.2, -0.15) is 0 Å². The molecule has 2 fully saturated rings. The van der Waals surface area contributed by atoms with Gasteiger partial charge in [0, 0.05) is 6.61 Å². The molecule has 2 aliphatic heterocycles. The Bertz CT molecular complexity index is 224. The molecule has 0 saturated carbocycles. The third-order valence-electron chi connectivity index (χ3n) is 2.77. The van der Waals surface area contributed by atoms with Crippen LogP contribution in [0.15, 0.2) is 0 Å². The highest BCUT2D eigenvalue weighted by Gasteiger charge is 2.39. The zero-order chi connectivity index (χ0) is 10.7. The van der Waals surface area contributed by atoms with Crippen LogP contribution >= 0.6 is 0 Å². The highest BCUT2D eigenvalue weighted by Crippen LogP contribution is 2.23. The van der Waals surface area contributed by atoms with Crippen molar-refractivity contribution >= 4 is 5.97 Å². The third kappa shape index (κ3) is 2.48. The van der Waals surface area contributed by atoms with E-state index in [1.165, 1.54) is 0 Å². The molecule has 15 heavy (non-hydrogen) atoms. The fourth-order valence-corrected chi connectivity index (χ4v) is 1.85. The molecule has 0 bridgehead atoms. The van der Waals surface area contributed by atoms with Crippen LogP contribution in [0.2, 0.25) is 0 Å². The summed E-state index contributed by atoms with van der Waals surface area (Å²) in [6.45, 7) is 0.825. The molecule has 0 aromatic rings. The quantitative estimate of drug-likeness (QED) is 0.676. The molecular weight excluding hydrogens is 200 g/mol. The van der Waals surface area contributed by atoms with Gasteiger partial charge in [0.05, 0.1) is 19.1 Å². The minimum atomic E-state index is -0.655. The number of aliphatic hydroxyl groups is 1. The van der Waals surface area contributed by atoms with Crippen LogP contribution in [0.25, 0.3) is 0 Å². The molecule has 3 atom stereocenters. The molecule has 2 rings (SSSR count). The molecule has 0 aromatic carbocycles. The van der Waals surface area contributed by atoms with Gasteiger partial charge < -0.3 is 19.3 Å². The summed E-state index contributed by atoms with van der Waals surface area (Å²) in [5.74, 6) is -0.633. The lowest BCUT2D eigenvalue weighted by Crippen LogP contribution is -2.35. The molecule has 0 aromatic heterocycles. The van der Waals surface area contributed by atoms with Crippen LogP contribution < -0.4 is 0 Å². The summed E-state index contributed by atoms with van der Waals surface area (Å²) in [6, 6.07) is 0. The number of aliphatic hydroxyl groups excluding tert-OH is 1. The number of carbonyl (C=O) groups is 1. The van der Waals surface area contributed by atoms with Gasteiger partial charge >= 0.3 is 5.97 Å².